The lowest BCUT2D eigenvalue weighted by Gasteiger charge is -2.20. The van der Waals surface area contributed by atoms with Crippen molar-refractivity contribution in [3.63, 3.8) is 0 Å². The minimum Gasteiger partial charge on any atom is -0.368 e. The number of nitrogens with one attached hydrogen (secondary N) is 1. The third-order valence-corrected chi connectivity index (χ3v) is 6.06. The fourth-order valence-corrected chi connectivity index (χ4v) is 4.61. The number of hydrogen-bond donors (Lipinski definition) is 2. The molecule has 0 fully saturated rings. The number of fused-ring (bicyclic) bond motifs is 4. The van der Waals surface area contributed by atoms with Crippen molar-refractivity contribution in [2.45, 2.75) is 18.4 Å². The Labute approximate surface area is 180 Å². The highest BCUT2D eigenvalue weighted by atomic mass is 16.2. The second kappa shape index (κ2) is 7.73. The summed E-state index contributed by atoms with van der Waals surface area (Å²) in [6.07, 6.45) is 0.346. The fourth-order valence-electron chi connectivity index (χ4n) is 4.61. The van der Waals surface area contributed by atoms with E-state index in [-0.39, 0.29) is 5.91 Å². The van der Waals surface area contributed by atoms with E-state index in [0.717, 1.165) is 38.6 Å². The molecule has 0 unspecified atom stereocenters. The normalized spacial score (nSPS) is 13.4. The van der Waals surface area contributed by atoms with E-state index in [1.165, 1.54) is 0 Å². The van der Waals surface area contributed by atoms with E-state index in [1.807, 2.05) is 91.0 Å². The van der Waals surface area contributed by atoms with Crippen LogP contribution in [0.25, 0.3) is 21.9 Å². The lowest BCUT2D eigenvalue weighted by molar-refractivity contribution is -0.127. The summed E-state index contributed by atoms with van der Waals surface area (Å²) in [7, 11) is 0. The first-order valence-electron chi connectivity index (χ1n) is 10.4. The Balaban J connectivity index is 1.46. The molecule has 4 aromatic rings. The van der Waals surface area contributed by atoms with Crippen molar-refractivity contribution in [3.8, 4) is 11.1 Å². The van der Waals surface area contributed by atoms with Crippen LogP contribution in [-0.4, -0.2) is 17.9 Å². The van der Waals surface area contributed by atoms with E-state index in [1.54, 1.807) is 0 Å². The summed E-state index contributed by atoms with van der Waals surface area (Å²) in [5.74, 6) is -1.20. The number of benzene rings is 4. The Kier molecular flexibility index (Phi) is 4.75. The minimum absolute atomic E-state index is 0.207. The van der Waals surface area contributed by atoms with Gasteiger partial charge in [0.05, 0.1) is 5.92 Å². The zero-order chi connectivity index (χ0) is 21.4. The number of hydrogen-bond acceptors (Lipinski definition) is 2. The molecule has 0 aromatic heterocycles. The first kappa shape index (κ1) is 19.1. The monoisotopic (exact) mass is 406 g/mol. The molecular formula is C27H22N2O2. The molecule has 5 rings (SSSR count). The zero-order valence-electron chi connectivity index (χ0n) is 16.9. The Bertz CT molecular complexity index is 1260. The van der Waals surface area contributed by atoms with Crippen LogP contribution in [-0.2, 0) is 16.0 Å². The van der Waals surface area contributed by atoms with Crippen molar-refractivity contribution in [2.75, 3.05) is 0 Å². The maximum Gasteiger partial charge on any atom is 0.240 e. The largest absolute Gasteiger partial charge is 0.368 e. The maximum atomic E-state index is 13.4. The number of nitrogens with two attached hydrogens (primary N) is 1. The molecule has 3 N–H and O–H groups in total. The third-order valence-electron chi connectivity index (χ3n) is 6.06. The molecule has 0 aliphatic heterocycles. The van der Waals surface area contributed by atoms with Gasteiger partial charge in [-0.3, -0.25) is 9.59 Å². The van der Waals surface area contributed by atoms with Crippen molar-refractivity contribution < 1.29 is 9.59 Å². The predicted molar refractivity (Wildman–Crippen MR) is 122 cm³/mol. The second-order valence-corrected chi connectivity index (χ2v) is 7.91. The standard InChI is InChI=1S/C27H22N2O2/c28-26(30)24(16-18-10-7-9-17-8-1-2-11-19(17)18)29-27(31)25-22-14-5-3-12-20(22)21-13-4-6-15-23(21)25/h1-15,24-25H,16H2,(H2,28,30)(H,29,31)/t24-/m1/s1. The van der Waals surface area contributed by atoms with Gasteiger partial charge in [0, 0.05) is 6.42 Å². The van der Waals surface area contributed by atoms with Crippen LogP contribution in [0.2, 0.25) is 0 Å². The van der Waals surface area contributed by atoms with Gasteiger partial charge in [-0.25, -0.2) is 0 Å². The summed E-state index contributed by atoms with van der Waals surface area (Å²) in [6, 6.07) is 29.0. The Morgan fingerprint density at radius 3 is 2.03 bits per heavy atom. The van der Waals surface area contributed by atoms with Crippen LogP contribution in [0.3, 0.4) is 0 Å². The van der Waals surface area contributed by atoms with Crippen molar-refractivity contribution in [3.05, 3.63) is 108 Å². The Morgan fingerprint density at radius 1 is 0.774 bits per heavy atom. The fraction of sp³-hybridized carbons (Fsp3) is 0.111. The summed E-state index contributed by atoms with van der Waals surface area (Å²) in [5, 5.41) is 5.09. The van der Waals surface area contributed by atoms with Gasteiger partial charge in [0.25, 0.3) is 0 Å². The van der Waals surface area contributed by atoms with Crippen molar-refractivity contribution in [1.29, 1.82) is 0 Å². The van der Waals surface area contributed by atoms with Gasteiger partial charge in [0.2, 0.25) is 11.8 Å². The van der Waals surface area contributed by atoms with Gasteiger partial charge in [-0.2, -0.15) is 0 Å². The molecule has 2 amide bonds. The van der Waals surface area contributed by atoms with E-state index in [2.05, 4.69) is 5.32 Å². The molecule has 31 heavy (non-hydrogen) atoms. The highest BCUT2D eigenvalue weighted by Crippen LogP contribution is 2.44. The molecule has 0 radical (unpaired) electrons. The van der Waals surface area contributed by atoms with Crippen LogP contribution in [0.4, 0.5) is 0 Å². The van der Waals surface area contributed by atoms with Gasteiger partial charge in [-0.15, -0.1) is 0 Å². The van der Waals surface area contributed by atoms with Crippen molar-refractivity contribution in [2.24, 2.45) is 5.73 Å². The van der Waals surface area contributed by atoms with Gasteiger partial charge >= 0.3 is 0 Å². The van der Waals surface area contributed by atoms with Crippen LogP contribution in [0.1, 0.15) is 22.6 Å². The topological polar surface area (TPSA) is 72.2 Å². The summed E-state index contributed by atoms with van der Waals surface area (Å²) in [6.45, 7) is 0. The summed E-state index contributed by atoms with van der Waals surface area (Å²) < 4.78 is 0. The SMILES string of the molecule is NC(=O)[C@@H](Cc1cccc2ccccc12)NC(=O)C1c2ccccc2-c2ccccc21. The first-order chi connectivity index (χ1) is 15.1. The van der Waals surface area contributed by atoms with Gasteiger partial charge in [0.1, 0.15) is 6.04 Å². The summed E-state index contributed by atoms with van der Waals surface area (Å²) in [5.41, 5.74) is 10.7. The molecular weight excluding hydrogens is 384 g/mol. The molecule has 1 aliphatic rings. The lowest BCUT2D eigenvalue weighted by atomic mass is 9.94. The van der Waals surface area contributed by atoms with E-state index >= 15 is 0 Å². The van der Waals surface area contributed by atoms with Gasteiger partial charge < -0.3 is 11.1 Å². The van der Waals surface area contributed by atoms with Crippen LogP contribution in [0.5, 0.6) is 0 Å². The van der Waals surface area contributed by atoms with E-state index < -0.39 is 17.9 Å². The maximum absolute atomic E-state index is 13.4. The molecule has 152 valence electrons. The molecule has 4 aromatic carbocycles. The number of carbonyl (C=O) groups is 2. The Morgan fingerprint density at radius 2 is 1.35 bits per heavy atom. The van der Waals surface area contributed by atoms with Crippen molar-refractivity contribution in [1.82, 2.24) is 5.32 Å². The van der Waals surface area contributed by atoms with Gasteiger partial charge in [-0.05, 0) is 38.6 Å². The molecule has 0 saturated heterocycles. The lowest BCUT2D eigenvalue weighted by Crippen LogP contribution is -2.47. The van der Waals surface area contributed by atoms with Gasteiger partial charge in [0.15, 0.2) is 0 Å². The van der Waals surface area contributed by atoms with Crippen LogP contribution in [0.15, 0.2) is 91.0 Å². The number of primary amides is 1. The summed E-state index contributed by atoms with van der Waals surface area (Å²) >= 11 is 0. The first-order valence-corrected chi connectivity index (χ1v) is 10.4. The minimum atomic E-state index is -0.793. The van der Waals surface area contributed by atoms with Crippen LogP contribution >= 0.6 is 0 Å². The number of amides is 2. The average Bonchev–Trinajstić information content (AvgIpc) is 3.13. The highest BCUT2D eigenvalue weighted by molar-refractivity contribution is 5.98. The van der Waals surface area contributed by atoms with E-state index in [4.69, 9.17) is 5.73 Å². The number of rotatable bonds is 5. The second-order valence-electron chi connectivity index (χ2n) is 7.91. The van der Waals surface area contributed by atoms with Crippen LogP contribution in [0, 0.1) is 0 Å². The zero-order valence-corrected chi connectivity index (χ0v) is 16.9. The molecule has 0 bridgehead atoms. The van der Waals surface area contributed by atoms with Crippen LogP contribution < -0.4 is 11.1 Å². The van der Waals surface area contributed by atoms with E-state index in [0.29, 0.717) is 6.42 Å². The van der Waals surface area contributed by atoms with Gasteiger partial charge in [-0.1, -0.05) is 91.0 Å². The molecule has 1 atom stereocenters. The molecule has 0 spiro atoms. The quantitative estimate of drug-likeness (QED) is 0.522. The molecule has 0 heterocycles. The summed E-state index contributed by atoms with van der Waals surface area (Å²) in [4.78, 5) is 25.7. The Hall–Kier alpha value is -3.92. The molecule has 0 saturated carbocycles. The third kappa shape index (κ3) is 3.36. The predicted octanol–water partition coefficient (Wildman–Crippen LogP) is 4.16. The van der Waals surface area contributed by atoms with E-state index in [9.17, 15) is 9.59 Å². The highest BCUT2D eigenvalue weighted by Gasteiger charge is 2.35. The molecule has 1 aliphatic carbocycles. The number of carbonyl (C=O) groups excluding carboxylic acids is 2. The van der Waals surface area contributed by atoms with Crippen molar-refractivity contribution >= 4 is 22.6 Å². The smallest absolute Gasteiger partial charge is 0.240 e. The molecule has 4 heteroatoms. The molecule has 4 nitrogen and oxygen atoms in total. The average molecular weight is 406 g/mol.